The Labute approximate surface area is 234 Å². The number of rotatable bonds is 7. The maximum atomic E-state index is 12.6. The molecule has 0 heterocycles. The van der Waals surface area contributed by atoms with E-state index in [0.29, 0.717) is 0 Å². The van der Waals surface area contributed by atoms with Gasteiger partial charge in [-0.25, -0.2) is 19.2 Å². The lowest BCUT2D eigenvalue weighted by molar-refractivity contribution is 0.0388. The third-order valence-corrected chi connectivity index (χ3v) is 6.74. The number of amides is 4. The van der Waals surface area contributed by atoms with Crippen molar-refractivity contribution < 1.29 is 38.1 Å². The van der Waals surface area contributed by atoms with Gasteiger partial charge in [-0.2, -0.15) is 0 Å². The molecule has 0 radical (unpaired) electrons. The van der Waals surface area contributed by atoms with Crippen LogP contribution in [0.15, 0.2) is 0 Å². The molecule has 0 bridgehead atoms. The first kappa shape index (κ1) is 35.8. The molecule has 222 valence electrons. The first-order valence-electron chi connectivity index (χ1n) is 12.0. The van der Waals surface area contributed by atoms with Gasteiger partial charge in [-0.3, -0.25) is 21.3 Å². The number of carbonyl (C=O) groups is 4. The number of hydrogen-bond donors (Lipinski definition) is 4. The fraction of sp³-hybridized carbons (Fsp3) is 0.833. The summed E-state index contributed by atoms with van der Waals surface area (Å²) in [4.78, 5) is 47.4. The number of nitrogens with one attached hydrogen (secondary N) is 4. The van der Waals surface area contributed by atoms with Crippen molar-refractivity contribution in [2.45, 2.75) is 129 Å². The normalized spacial score (nSPS) is 13.1. The zero-order valence-corrected chi connectivity index (χ0v) is 26.7. The van der Waals surface area contributed by atoms with Crippen LogP contribution in [0.4, 0.5) is 19.2 Å². The zero-order valence-electron chi connectivity index (χ0n) is 25.1. The number of hydrogen-bond acceptors (Lipinski definition) is 10. The van der Waals surface area contributed by atoms with E-state index in [1.165, 1.54) is 13.8 Å². The van der Waals surface area contributed by atoms with Crippen molar-refractivity contribution in [1.29, 1.82) is 0 Å². The Hall–Kier alpha value is -2.22. The van der Waals surface area contributed by atoms with Gasteiger partial charge in [0, 0.05) is 0 Å². The second-order valence-corrected chi connectivity index (χ2v) is 15.7. The van der Waals surface area contributed by atoms with E-state index >= 15 is 0 Å². The van der Waals surface area contributed by atoms with Gasteiger partial charge in [-0.1, -0.05) is 0 Å². The molecule has 0 saturated heterocycles. The molecule has 0 spiro atoms. The molecule has 0 rings (SSSR count). The van der Waals surface area contributed by atoms with E-state index in [2.05, 4.69) is 21.3 Å². The van der Waals surface area contributed by atoms with Crippen LogP contribution in [0.3, 0.4) is 0 Å². The van der Waals surface area contributed by atoms with E-state index in [4.69, 9.17) is 18.9 Å². The van der Waals surface area contributed by atoms with Gasteiger partial charge in [0.25, 0.3) is 0 Å². The van der Waals surface area contributed by atoms with Gasteiger partial charge < -0.3 is 18.9 Å². The van der Waals surface area contributed by atoms with E-state index in [-0.39, 0.29) is 0 Å². The third kappa shape index (κ3) is 18.1. The molecule has 0 aliphatic rings. The summed E-state index contributed by atoms with van der Waals surface area (Å²) >= 11 is 0. The van der Waals surface area contributed by atoms with Crippen LogP contribution in [0.5, 0.6) is 0 Å². The van der Waals surface area contributed by atoms with Crippen molar-refractivity contribution in [3.63, 3.8) is 0 Å². The molecule has 0 aromatic heterocycles. The highest BCUT2D eigenvalue weighted by molar-refractivity contribution is 8.77. The Bertz CT molecular complexity index is 725. The van der Waals surface area contributed by atoms with Crippen LogP contribution >= 0.6 is 21.6 Å². The molecule has 0 aromatic rings. The van der Waals surface area contributed by atoms with Gasteiger partial charge in [0.05, 0.1) is 0 Å². The van der Waals surface area contributed by atoms with Crippen LogP contribution in [0, 0.1) is 0 Å². The van der Waals surface area contributed by atoms with E-state index in [9.17, 15) is 19.2 Å². The Morgan fingerprint density at radius 1 is 0.395 bits per heavy atom. The highest BCUT2D eigenvalue weighted by Gasteiger charge is 2.40. The summed E-state index contributed by atoms with van der Waals surface area (Å²) in [6.07, 6.45) is -3.26. The molecule has 12 nitrogen and oxygen atoms in total. The summed E-state index contributed by atoms with van der Waals surface area (Å²) in [7, 11) is 1.82. The van der Waals surface area contributed by atoms with Gasteiger partial charge in [0.1, 0.15) is 22.4 Å². The number of alkyl carbamates (subject to hydrolysis) is 4. The van der Waals surface area contributed by atoms with Crippen molar-refractivity contribution in [2.75, 3.05) is 0 Å². The van der Waals surface area contributed by atoms with Crippen molar-refractivity contribution in [3.05, 3.63) is 0 Å². The van der Waals surface area contributed by atoms with Gasteiger partial charge in [-0.15, -0.1) is 0 Å². The lowest BCUT2D eigenvalue weighted by Gasteiger charge is -2.37. The summed E-state index contributed by atoms with van der Waals surface area (Å²) < 4.78 is 21.4. The molecular weight excluding hydrogens is 536 g/mol. The summed E-state index contributed by atoms with van der Waals surface area (Å²) in [6.45, 7) is 23.3. The van der Waals surface area contributed by atoms with Crippen LogP contribution in [0.25, 0.3) is 0 Å². The molecule has 4 N–H and O–H groups in total. The fourth-order valence-electron chi connectivity index (χ4n) is 2.31. The van der Waals surface area contributed by atoms with Crippen molar-refractivity contribution in [3.8, 4) is 0 Å². The van der Waals surface area contributed by atoms with Crippen molar-refractivity contribution >= 4 is 46.0 Å². The minimum absolute atomic E-state index is 0.806. The van der Waals surface area contributed by atoms with E-state index < -0.39 is 56.8 Å². The Morgan fingerprint density at radius 2 is 0.553 bits per heavy atom. The minimum atomic E-state index is -1.53. The van der Waals surface area contributed by atoms with Crippen molar-refractivity contribution in [1.82, 2.24) is 21.3 Å². The molecule has 0 atom stereocenters. The molecule has 4 amide bonds. The highest BCUT2D eigenvalue weighted by atomic mass is 33.1. The molecule has 0 aliphatic carbocycles. The van der Waals surface area contributed by atoms with Crippen LogP contribution in [-0.2, 0) is 18.9 Å². The number of carbonyl (C=O) groups excluding carboxylic acids is 4. The van der Waals surface area contributed by atoms with E-state index in [1.54, 1.807) is 83.1 Å². The van der Waals surface area contributed by atoms with Gasteiger partial charge in [-0.05, 0) is 119 Å². The lowest BCUT2D eigenvalue weighted by atomic mass is 10.2. The lowest BCUT2D eigenvalue weighted by Crippen LogP contribution is -2.60. The second-order valence-electron chi connectivity index (χ2n) is 12.7. The highest BCUT2D eigenvalue weighted by Crippen LogP contribution is 2.40. The standard InChI is InChI=1S/C24H46N4O8S2/c1-19(2,3)33-15(29)25-23(13,26-16(30)34-20(4,5)6)37-38-24(14,27-17(31)35-21(7,8)9)28-18(32)36-22(10,11)12/h1-14H3,(H,25,29)(H,26,30)(H,27,31)(H,28,32). The van der Waals surface area contributed by atoms with Crippen LogP contribution in [0.2, 0.25) is 0 Å². The summed E-state index contributed by atoms with van der Waals surface area (Å²) in [6, 6.07) is 0. The Kier molecular flexibility index (Phi) is 12.0. The smallest absolute Gasteiger partial charge is 0.410 e. The molecule has 0 aliphatic heterocycles. The average molecular weight is 583 g/mol. The van der Waals surface area contributed by atoms with Gasteiger partial charge in [0.15, 0.2) is 9.99 Å². The monoisotopic (exact) mass is 582 g/mol. The first-order chi connectivity index (χ1) is 16.6. The third-order valence-electron chi connectivity index (χ3n) is 3.33. The summed E-state index contributed by atoms with van der Waals surface area (Å²) in [5.41, 5.74) is -3.22. The molecule has 0 fully saturated rings. The largest absolute Gasteiger partial charge is 0.444 e. The van der Waals surface area contributed by atoms with Crippen molar-refractivity contribution in [2.24, 2.45) is 0 Å². The SMILES string of the molecule is CC(C)(C)OC(=O)NC(C)(NC(=O)OC(C)(C)C)SSC(C)(NC(=O)OC(C)(C)C)NC(=O)OC(C)(C)C. The maximum Gasteiger partial charge on any atom is 0.410 e. The van der Waals surface area contributed by atoms with Gasteiger partial charge >= 0.3 is 24.4 Å². The topological polar surface area (TPSA) is 153 Å². The zero-order chi connectivity index (χ0) is 30.4. The average Bonchev–Trinajstić information content (AvgIpc) is 2.52. The predicted molar refractivity (Wildman–Crippen MR) is 149 cm³/mol. The van der Waals surface area contributed by atoms with Crippen LogP contribution in [-0.4, -0.2) is 56.8 Å². The minimum Gasteiger partial charge on any atom is -0.444 e. The van der Waals surface area contributed by atoms with E-state index in [0.717, 1.165) is 21.6 Å². The molecule has 0 aromatic carbocycles. The number of ether oxygens (including phenoxy) is 4. The molecule has 0 saturated carbocycles. The molecule has 38 heavy (non-hydrogen) atoms. The summed E-state index contributed by atoms with van der Waals surface area (Å²) in [5, 5.41) is 10.4. The Balaban J connectivity index is 6.03. The van der Waals surface area contributed by atoms with Crippen LogP contribution in [0.1, 0.15) is 96.9 Å². The first-order valence-corrected chi connectivity index (χ1v) is 14.2. The van der Waals surface area contributed by atoms with Gasteiger partial charge in [0.2, 0.25) is 0 Å². The summed E-state index contributed by atoms with van der Waals surface area (Å²) in [5.74, 6) is 0. The predicted octanol–water partition coefficient (Wildman–Crippen LogP) is 5.81. The molecule has 0 unspecified atom stereocenters. The molecular formula is C24H46N4O8S2. The van der Waals surface area contributed by atoms with E-state index in [1.807, 2.05) is 0 Å². The fourth-order valence-corrected chi connectivity index (χ4v) is 4.64. The maximum absolute atomic E-state index is 12.6. The van der Waals surface area contributed by atoms with Crippen LogP contribution < -0.4 is 21.3 Å². The second kappa shape index (κ2) is 12.8. The quantitative estimate of drug-likeness (QED) is 0.164. The molecule has 14 heteroatoms. The Morgan fingerprint density at radius 3 is 0.684 bits per heavy atom.